The van der Waals surface area contributed by atoms with Gasteiger partial charge in [-0.1, -0.05) is 0 Å². The molecule has 0 spiro atoms. The van der Waals surface area contributed by atoms with Gasteiger partial charge in [0, 0.05) is 0 Å². The molecular formula is H8LiNSi2. The molecule has 0 aliphatic rings. The summed E-state index contributed by atoms with van der Waals surface area (Å²) in [5, 5.41) is 0. The van der Waals surface area contributed by atoms with Crippen LogP contribution in [-0.2, 0) is 0 Å². The molecule has 4 heavy (non-hydrogen) atoms. The van der Waals surface area contributed by atoms with Crippen LogP contribution in [0.4, 0.5) is 0 Å². The van der Waals surface area contributed by atoms with Crippen LogP contribution in [0.25, 0.3) is 0 Å². The van der Waals surface area contributed by atoms with E-state index in [2.05, 4.69) is 4.65 Å². The Bertz CT molecular complexity index is 6.00. The van der Waals surface area contributed by atoms with E-state index in [0.29, 0.717) is 0 Å². The number of hydrogen-bond acceptors (Lipinski definition) is 1. The fourth-order valence-corrected chi connectivity index (χ4v) is 0. The smallest absolute Gasteiger partial charge is 0.0670 e. The second-order valence-electron chi connectivity index (χ2n) is 0.500. The average molecular weight is 85.2 g/mol. The second kappa shape index (κ2) is 9.01. The summed E-state index contributed by atoms with van der Waals surface area (Å²) < 4.78 is 3.03. The zero-order chi connectivity index (χ0) is 2.71. The zero-order valence-electron chi connectivity index (χ0n) is 2.50. The van der Waals surface area contributed by atoms with Crippen LogP contribution in [0.1, 0.15) is 0 Å². The minimum absolute atomic E-state index is 0. The van der Waals surface area contributed by atoms with Gasteiger partial charge >= 0.3 is 18.9 Å². The monoisotopic (exact) mass is 85.0 g/mol. The minimum atomic E-state index is 0. The van der Waals surface area contributed by atoms with Gasteiger partial charge in [-0.05, 0) is 0 Å². The topological polar surface area (TPSA) is 12.0 Å². The molecule has 0 unspecified atom stereocenters. The van der Waals surface area contributed by atoms with Crippen LogP contribution in [0.5, 0.6) is 0 Å². The van der Waals surface area contributed by atoms with Crippen molar-refractivity contribution in [2.24, 2.45) is 0 Å². The summed E-state index contributed by atoms with van der Waals surface area (Å²) in [6, 6.07) is 0. The van der Waals surface area contributed by atoms with Crippen LogP contribution in [0, 0.1) is 0 Å². The van der Waals surface area contributed by atoms with Gasteiger partial charge in [-0.25, -0.2) is 0 Å². The molecule has 0 bridgehead atoms. The van der Waals surface area contributed by atoms with Crippen molar-refractivity contribution in [3.63, 3.8) is 0 Å². The van der Waals surface area contributed by atoms with Crippen LogP contribution in [0.3, 0.4) is 0 Å². The van der Waals surface area contributed by atoms with Gasteiger partial charge in [-0.15, -0.1) is 0 Å². The first kappa shape index (κ1) is 8.89. The Kier molecular flexibility index (Phi) is 20.0. The molecule has 0 heterocycles. The van der Waals surface area contributed by atoms with E-state index < -0.39 is 0 Å². The average Bonchev–Trinajstić information content (AvgIpc) is 0.918. The Morgan fingerprint density at radius 1 is 1.25 bits per heavy atom. The van der Waals surface area contributed by atoms with Gasteiger partial charge in [0.2, 0.25) is 0 Å². The normalized spacial score (nSPS) is 6.00. The summed E-state index contributed by atoms with van der Waals surface area (Å²) >= 11 is 0. The maximum atomic E-state index is 3.03. The molecule has 22 valence electrons. The first-order valence-corrected chi connectivity index (χ1v) is 3.00. The molecule has 0 aliphatic heterocycles. The fraction of sp³-hybridized carbons (Fsp3) is 0. The van der Waals surface area contributed by atoms with E-state index in [9.17, 15) is 0 Å². The van der Waals surface area contributed by atoms with Crippen LogP contribution < -0.4 is 4.65 Å². The third kappa shape index (κ3) is 12.1. The van der Waals surface area contributed by atoms with E-state index in [1.807, 2.05) is 0 Å². The van der Waals surface area contributed by atoms with Crippen LogP contribution in [0.2, 0.25) is 0 Å². The maximum absolute atomic E-state index is 3.03. The molecule has 0 aliphatic carbocycles. The maximum Gasteiger partial charge on any atom is 0.0670 e. The summed E-state index contributed by atoms with van der Waals surface area (Å²) in [5.41, 5.74) is 0. The largest absolute Gasteiger partial charge is 0.374 e. The molecule has 1 nitrogen and oxygen atoms in total. The van der Waals surface area contributed by atoms with Crippen molar-refractivity contribution in [3.05, 3.63) is 0 Å². The van der Waals surface area contributed by atoms with Crippen molar-refractivity contribution in [1.82, 2.24) is 4.65 Å². The van der Waals surface area contributed by atoms with E-state index in [0.717, 1.165) is 0 Å². The van der Waals surface area contributed by atoms with E-state index >= 15 is 0 Å². The molecule has 0 aromatic rings. The molecule has 0 aromatic heterocycles. The van der Waals surface area contributed by atoms with Gasteiger partial charge in [0.1, 0.15) is 0 Å². The van der Waals surface area contributed by atoms with E-state index in [1.54, 1.807) is 0 Å². The van der Waals surface area contributed by atoms with Gasteiger partial charge in [0.25, 0.3) is 0 Å². The summed E-state index contributed by atoms with van der Waals surface area (Å²) in [6.07, 6.45) is 0. The minimum Gasteiger partial charge on any atom is -0.374 e. The van der Waals surface area contributed by atoms with Gasteiger partial charge in [0.05, 0.1) is 20.8 Å². The Labute approximate surface area is 44.7 Å². The fourth-order valence-electron chi connectivity index (χ4n) is 0. The third-order valence-electron chi connectivity index (χ3n) is 0. The summed E-state index contributed by atoms with van der Waals surface area (Å²) in [5.74, 6) is 0. The Balaban J connectivity index is 0. The Morgan fingerprint density at radius 2 is 1.25 bits per heavy atom. The van der Waals surface area contributed by atoms with E-state index in [-0.39, 0.29) is 18.9 Å². The van der Waals surface area contributed by atoms with Crippen molar-refractivity contribution in [3.8, 4) is 0 Å². The SMILES string of the molecule is [LiH].[SiH3]N[SiH3]. The molecule has 0 atom stereocenters. The molecule has 0 amide bonds. The molecule has 0 rings (SSSR count). The van der Waals surface area contributed by atoms with Crippen molar-refractivity contribution < 1.29 is 0 Å². The summed E-state index contributed by atoms with van der Waals surface area (Å²) in [6.45, 7) is 0. The predicted octanol–water partition coefficient (Wildman–Crippen LogP) is -3.51. The Hall–Kier alpha value is 0.991. The van der Waals surface area contributed by atoms with Gasteiger partial charge in [-0.3, -0.25) is 0 Å². The molecular weight excluding hydrogens is 77.1 g/mol. The standard InChI is InChI=1S/Li.H7NSi2.H/c;2-1-3;/h;1H,2-3H3;. The Morgan fingerprint density at radius 3 is 1.25 bits per heavy atom. The molecule has 0 fully saturated rings. The van der Waals surface area contributed by atoms with E-state index in [1.165, 1.54) is 20.8 Å². The van der Waals surface area contributed by atoms with Gasteiger partial charge in [0.15, 0.2) is 0 Å². The number of hydrogen-bond donors (Lipinski definition) is 1. The van der Waals surface area contributed by atoms with Crippen molar-refractivity contribution >= 4 is 39.7 Å². The summed E-state index contributed by atoms with van der Waals surface area (Å²) in [4.78, 5) is 0. The van der Waals surface area contributed by atoms with Crippen LogP contribution in [0.15, 0.2) is 0 Å². The number of nitrogens with one attached hydrogen (secondary N) is 1. The van der Waals surface area contributed by atoms with Crippen molar-refractivity contribution in [2.75, 3.05) is 0 Å². The van der Waals surface area contributed by atoms with Crippen LogP contribution >= 0.6 is 0 Å². The molecule has 1 N–H and O–H groups in total. The van der Waals surface area contributed by atoms with Gasteiger partial charge in [-0.2, -0.15) is 0 Å². The number of rotatable bonds is 0. The van der Waals surface area contributed by atoms with Crippen LogP contribution in [-0.4, -0.2) is 39.7 Å². The molecule has 0 saturated carbocycles. The third-order valence-corrected chi connectivity index (χ3v) is 0. The van der Waals surface area contributed by atoms with Crippen molar-refractivity contribution in [2.45, 2.75) is 0 Å². The zero-order valence-corrected chi connectivity index (χ0v) is 6.50. The molecule has 0 aromatic carbocycles. The quantitative estimate of drug-likeness (QED) is 0.301. The van der Waals surface area contributed by atoms with Crippen molar-refractivity contribution in [1.29, 1.82) is 0 Å². The predicted molar refractivity (Wildman–Crippen MR) is 30.2 cm³/mol. The summed E-state index contributed by atoms with van der Waals surface area (Å²) in [7, 11) is 2.36. The first-order valence-electron chi connectivity index (χ1n) is 1.00. The van der Waals surface area contributed by atoms with Gasteiger partial charge < -0.3 is 4.65 Å². The first-order chi connectivity index (χ1) is 1.41. The molecule has 4 heteroatoms. The van der Waals surface area contributed by atoms with E-state index in [4.69, 9.17) is 0 Å². The molecule has 0 radical (unpaired) electrons. The molecule has 0 saturated heterocycles. The second-order valence-corrected chi connectivity index (χ2v) is 4.50.